The van der Waals surface area contributed by atoms with E-state index in [4.69, 9.17) is 0 Å². The predicted octanol–water partition coefficient (Wildman–Crippen LogP) is 1.75. The Balaban J connectivity index is 2.86. The van der Waals surface area contributed by atoms with Gasteiger partial charge in [0.15, 0.2) is 0 Å². The largest absolute Gasteiger partial charge is 0.469 e. The van der Waals surface area contributed by atoms with Gasteiger partial charge < -0.3 is 9.47 Å². The van der Waals surface area contributed by atoms with Crippen molar-refractivity contribution in [3.63, 3.8) is 0 Å². The van der Waals surface area contributed by atoms with Crippen molar-refractivity contribution in [2.45, 2.75) is 12.8 Å². The van der Waals surface area contributed by atoms with Crippen molar-refractivity contribution in [2.75, 3.05) is 14.2 Å². The summed E-state index contributed by atoms with van der Waals surface area (Å²) in [7, 11) is 2.68. The number of methoxy groups -OCH3 is 2. The second-order valence-electron chi connectivity index (χ2n) is 3.36. The smallest absolute Gasteiger partial charge is 0.337 e. The summed E-state index contributed by atoms with van der Waals surface area (Å²) in [5.74, 6) is -1.03. The molecule has 0 heterocycles. The van der Waals surface area contributed by atoms with Crippen molar-refractivity contribution < 1.29 is 19.1 Å². The van der Waals surface area contributed by atoms with Gasteiger partial charge in [-0.3, -0.25) is 4.79 Å². The number of carbonyl (C=O) groups excluding carboxylic acids is 2. The quantitative estimate of drug-likeness (QED) is 0.731. The van der Waals surface area contributed by atoms with Crippen LogP contribution < -0.4 is 0 Å². The zero-order valence-electron chi connectivity index (χ0n) is 9.52. The Morgan fingerprint density at radius 3 is 2.06 bits per heavy atom. The Labute approximate surface area is 94.2 Å². The summed E-state index contributed by atoms with van der Waals surface area (Å²) in [5.41, 5.74) is 1.27. The van der Waals surface area contributed by atoms with E-state index in [1.807, 2.05) is 0 Å². The topological polar surface area (TPSA) is 52.6 Å². The van der Waals surface area contributed by atoms with Crippen molar-refractivity contribution in [1.82, 2.24) is 0 Å². The van der Waals surface area contributed by atoms with Crippen LogP contribution in [0.15, 0.2) is 24.3 Å². The average Bonchev–Trinajstić information content (AvgIpc) is 2.36. The minimum atomic E-state index is -0.391. The lowest BCUT2D eigenvalue weighted by Gasteiger charge is -2.09. The van der Waals surface area contributed by atoms with Gasteiger partial charge in [-0.25, -0.2) is 4.79 Å². The van der Waals surface area contributed by atoms with Gasteiger partial charge >= 0.3 is 11.9 Å². The molecule has 1 aromatic rings. The molecule has 1 rings (SSSR count). The summed E-state index contributed by atoms with van der Waals surface area (Å²) in [4.78, 5) is 22.4. The predicted molar refractivity (Wildman–Crippen MR) is 58.2 cm³/mol. The van der Waals surface area contributed by atoms with Gasteiger partial charge in [0.2, 0.25) is 0 Å². The molecule has 0 N–H and O–H groups in total. The second kappa shape index (κ2) is 5.30. The number of benzene rings is 1. The second-order valence-corrected chi connectivity index (χ2v) is 3.36. The van der Waals surface area contributed by atoms with Crippen LogP contribution in [0.1, 0.15) is 28.8 Å². The van der Waals surface area contributed by atoms with E-state index in [0.29, 0.717) is 5.56 Å². The fraction of sp³-hybridized carbons (Fsp3) is 0.333. The molecule has 0 saturated carbocycles. The van der Waals surface area contributed by atoms with E-state index < -0.39 is 5.97 Å². The Morgan fingerprint density at radius 1 is 1.06 bits per heavy atom. The van der Waals surface area contributed by atoms with E-state index in [2.05, 4.69) is 9.47 Å². The van der Waals surface area contributed by atoms with Crippen LogP contribution in [-0.4, -0.2) is 26.2 Å². The lowest BCUT2D eigenvalue weighted by atomic mass is 10.00. The van der Waals surface area contributed by atoms with E-state index in [0.717, 1.165) is 5.56 Å². The highest BCUT2D eigenvalue weighted by Crippen LogP contribution is 2.17. The molecule has 0 aliphatic rings. The van der Waals surface area contributed by atoms with Crippen LogP contribution in [-0.2, 0) is 14.3 Å². The van der Waals surface area contributed by atoms with E-state index >= 15 is 0 Å². The molecule has 16 heavy (non-hydrogen) atoms. The normalized spacial score (nSPS) is 11.7. The Hall–Kier alpha value is -1.84. The molecule has 1 unspecified atom stereocenters. The molecular weight excluding hydrogens is 208 g/mol. The zero-order valence-corrected chi connectivity index (χ0v) is 9.52. The first-order chi connectivity index (χ1) is 7.60. The molecule has 0 aromatic heterocycles. The van der Waals surface area contributed by atoms with Crippen molar-refractivity contribution in [3.8, 4) is 0 Å². The number of carbonyl (C=O) groups is 2. The molecule has 1 atom stereocenters. The lowest BCUT2D eigenvalue weighted by molar-refractivity contribution is -0.141. The summed E-state index contributed by atoms with van der Waals surface area (Å²) in [6.45, 7) is 1.75. The lowest BCUT2D eigenvalue weighted by Crippen LogP contribution is -2.11. The highest BCUT2D eigenvalue weighted by molar-refractivity contribution is 5.89. The molecule has 4 nitrogen and oxygen atoms in total. The van der Waals surface area contributed by atoms with Gasteiger partial charge in [-0.05, 0) is 24.6 Å². The van der Waals surface area contributed by atoms with E-state index in [1.165, 1.54) is 14.2 Å². The summed E-state index contributed by atoms with van der Waals surface area (Å²) < 4.78 is 9.21. The van der Waals surface area contributed by atoms with Gasteiger partial charge in [-0.15, -0.1) is 0 Å². The van der Waals surface area contributed by atoms with Crippen LogP contribution >= 0.6 is 0 Å². The molecule has 0 spiro atoms. The number of hydrogen-bond acceptors (Lipinski definition) is 4. The number of rotatable bonds is 3. The molecule has 0 aliphatic heterocycles. The van der Waals surface area contributed by atoms with Gasteiger partial charge in [0.25, 0.3) is 0 Å². The van der Waals surface area contributed by atoms with Gasteiger partial charge in [0, 0.05) is 0 Å². The first-order valence-electron chi connectivity index (χ1n) is 4.86. The van der Waals surface area contributed by atoms with Gasteiger partial charge in [0.05, 0.1) is 25.7 Å². The maximum atomic E-state index is 11.3. The number of esters is 2. The first-order valence-corrected chi connectivity index (χ1v) is 4.86. The van der Waals surface area contributed by atoms with Crippen LogP contribution in [0.5, 0.6) is 0 Å². The molecule has 0 amide bonds. The summed E-state index contributed by atoms with van der Waals surface area (Å²) in [6.07, 6.45) is 0. The van der Waals surface area contributed by atoms with E-state index in [9.17, 15) is 9.59 Å². The van der Waals surface area contributed by atoms with Crippen molar-refractivity contribution in [2.24, 2.45) is 0 Å². The highest BCUT2D eigenvalue weighted by Gasteiger charge is 2.15. The molecule has 0 saturated heterocycles. The minimum absolute atomic E-state index is 0.300. The van der Waals surface area contributed by atoms with E-state index in [1.54, 1.807) is 31.2 Å². The van der Waals surface area contributed by atoms with Crippen LogP contribution in [0.2, 0.25) is 0 Å². The fourth-order valence-corrected chi connectivity index (χ4v) is 1.34. The number of hydrogen-bond donors (Lipinski definition) is 0. The molecular formula is C12H14O4. The third-order valence-corrected chi connectivity index (χ3v) is 2.39. The van der Waals surface area contributed by atoms with Gasteiger partial charge in [-0.2, -0.15) is 0 Å². The molecule has 0 radical (unpaired) electrons. The Bertz CT molecular complexity index is 381. The van der Waals surface area contributed by atoms with Crippen molar-refractivity contribution >= 4 is 11.9 Å². The van der Waals surface area contributed by atoms with Gasteiger partial charge in [0.1, 0.15) is 0 Å². The average molecular weight is 222 g/mol. The fourth-order valence-electron chi connectivity index (χ4n) is 1.34. The summed E-state index contributed by atoms with van der Waals surface area (Å²) in [6, 6.07) is 6.68. The van der Waals surface area contributed by atoms with E-state index in [-0.39, 0.29) is 11.9 Å². The molecule has 0 aliphatic carbocycles. The maximum Gasteiger partial charge on any atom is 0.337 e. The Morgan fingerprint density at radius 2 is 1.62 bits per heavy atom. The first kappa shape index (κ1) is 12.2. The Kier molecular flexibility index (Phi) is 4.05. The minimum Gasteiger partial charge on any atom is -0.469 e. The van der Waals surface area contributed by atoms with Crippen molar-refractivity contribution in [1.29, 1.82) is 0 Å². The highest BCUT2D eigenvalue weighted by atomic mass is 16.5. The summed E-state index contributed by atoms with van der Waals surface area (Å²) in [5, 5.41) is 0. The molecule has 1 aromatic carbocycles. The van der Waals surface area contributed by atoms with Gasteiger partial charge in [-0.1, -0.05) is 12.1 Å². The standard InChI is InChI=1S/C12H14O4/c1-8(11(13)15-2)9-4-6-10(7-5-9)12(14)16-3/h4-8H,1-3H3. The number of ether oxygens (including phenoxy) is 2. The van der Waals surface area contributed by atoms with Crippen LogP contribution in [0, 0.1) is 0 Å². The third-order valence-electron chi connectivity index (χ3n) is 2.39. The van der Waals surface area contributed by atoms with Crippen LogP contribution in [0.3, 0.4) is 0 Å². The maximum absolute atomic E-state index is 11.3. The molecule has 86 valence electrons. The summed E-state index contributed by atoms with van der Waals surface area (Å²) >= 11 is 0. The van der Waals surface area contributed by atoms with Crippen LogP contribution in [0.4, 0.5) is 0 Å². The molecule has 0 fully saturated rings. The molecule has 0 bridgehead atoms. The molecule has 4 heteroatoms. The zero-order chi connectivity index (χ0) is 12.1. The SMILES string of the molecule is COC(=O)c1ccc(C(C)C(=O)OC)cc1. The van der Waals surface area contributed by atoms with Crippen LogP contribution in [0.25, 0.3) is 0 Å². The van der Waals surface area contributed by atoms with Crippen molar-refractivity contribution in [3.05, 3.63) is 35.4 Å². The third kappa shape index (κ3) is 2.59. The monoisotopic (exact) mass is 222 g/mol.